The van der Waals surface area contributed by atoms with E-state index >= 15 is 0 Å². The van der Waals surface area contributed by atoms with Gasteiger partial charge in [-0.2, -0.15) is 0 Å². The molecule has 0 amide bonds. The van der Waals surface area contributed by atoms with Crippen LogP contribution in [0.5, 0.6) is 0 Å². The van der Waals surface area contributed by atoms with Gasteiger partial charge in [-0.3, -0.25) is 0 Å². The fraction of sp³-hybridized carbons (Fsp3) is 0.923. The molecule has 1 heteroatoms. The van der Waals surface area contributed by atoms with Crippen molar-refractivity contribution >= 4 is 0 Å². The van der Waals surface area contributed by atoms with E-state index in [0.29, 0.717) is 11.5 Å². The molecule has 6 aliphatic rings. The lowest BCUT2D eigenvalue weighted by Crippen LogP contribution is -2.48. The molecule has 10 unspecified atom stereocenters. The Labute approximate surface area is 166 Å². The molecule has 6 aliphatic carbocycles. The second kappa shape index (κ2) is 6.35. The van der Waals surface area contributed by atoms with Crippen molar-refractivity contribution < 1.29 is 0 Å². The second-order valence-corrected chi connectivity index (χ2v) is 11.7. The van der Waals surface area contributed by atoms with Crippen molar-refractivity contribution in [3.63, 3.8) is 0 Å². The molecule has 0 heterocycles. The molecule has 11 atom stereocenters. The van der Waals surface area contributed by atoms with Gasteiger partial charge in [0.15, 0.2) is 0 Å². The summed E-state index contributed by atoms with van der Waals surface area (Å²) in [5.74, 6) is 8.94. The third-order valence-electron chi connectivity index (χ3n) is 10.9. The van der Waals surface area contributed by atoms with Crippen molar-refractivity contribution in [3.8, 4) is 0 Å². The van der Waals surface area contributed by atoms with E-state index in [2.05, 4.69) is 19.1 Å². The van der Waals surface area contributed by atoms with E-state index in [-0.39, 0.29) is 0 Å². The lowest BCUT2D eigenvalue weighted by molar-refractivity contribution is -0.0361. The van der Waals surface area contributed by atoms with Crippen molar-refractivity contribution in [2.75, 3.05) is 0 Å². The Hall–Kier alpha value is -0.300. The van der Waals surface area contributed by atoms with Gasteiger partial charge in [0.25, 0.3) is 0 Å². The highest BCUT2D eigenvalue weighted by molar-refractivity contribution is 5.23. The number of fused-ring (bicyclic) bond motifs is 10. The smallest absolute Gasteiger partial charge is 0.00418 e. The quantitative estimate of drug-likeness (QED) is 0.508. The first-order chi connectivity index (χ1) is 13.2. The molecule has 0 aromatic heterocycles. The van der Waals surface area contributed by atoms with Crippen molar-refractivity contribution in [1.29, 1.82) is 0 Å². The lowest BCUT2D eigenvalue weighted by Gasteiger charge is -2.52. The van der Waals surface area contributed by atoms with Gasteiger partial charge >= 0.3 is 0 Å². The maximum absolute atomic E-state index is 6.68. The summed E-state index contributed by atoms with van der Waals surface area (Å²) in [6.07, 6.45) is 23.3. The monoisotopic (exact) mass is 367 g/mol. The number of hydrogen-bond acceptors (Lipinski definition) is 1. The van der Waals surface area contributed by atoms with Crippen LogP contribution in [-0.2, 0) is 0 Å². The van der Waals surface area contributed by atoms with Gasteiger partial charge in [0, 0.05) is 6.04 Å². The van der Waals surface area contributed by atoms with E-state index in [1.165, 1.54) is 51.4 Å². The molecule has 0 bridgehead atoms. The first-order valence-corrected chi connectivity index (χ1v) is 12.6. The SMILES string of the molecule is CC1C=CC2C3CCC(N)CC3C3(C2C1)C1CCCCC1[C@@H]1CCCCC13. The third-order valence-corrected chi connectivity index (χ3v) is 10.9. The van der Waals surface area contributed by atoms with Crippen LogP contribution in [0.1, 0.15) is 84.0 Å². The maximum atomic E-state index is 6.68. The zero-order chi connectivity index (χ0) is 18.2. The molecule has 0 aliphatic heterocycles. The molecular formula is C26H41N. The van der Waals surface area contributed by atoms with E-state index in [1.807, 2.05) is 0 Å². The van der Waals surface area contributed by atoms with Gasteiger partial charge in [-0.1, -0.05) is 44.8 Å². The van der Waals surface area contributed by atoms with Gasteiger partial charge in [0.2, 0.25) is 0 Å². The largest absolute Gasteiger partial charge is 0.328 e. The highest BCUT2D eigenvalue weighted by atomic mass is 14.8. The Morgan fingerprint density at radius 1 is 0.667 bits per heavy atom. The third kappa shape index (κ3) is 2.27. The normalized spacial score (nSPS) is 59.2. The van der Waals surface area contributed by atoms with E-state index < -0.39 is 0 Å². The van der Waals surface area contributed by atoms with Crippen LogP contribution >= 0.6 is 0 Å². The Balaban J connectivity index is 1.51. The Morgan fingerprint density at radius 3 is 2.04 bits per heavy atom. The summed E-state index contributed by atoms with van der Waals surface area (Å²) < 4.78 is 0. The summed E-state index contributed by atoms with van der Waals surface area (Å²) in [4.78, 5) is 0. The van der Waals surface area contributed by atoms with Crippen LogP contribution in [0, 0.1) is 58.7 Å². The van der Waals surface area contributed by atoms with E-state index in [1.54, 1.807) is 25.7 Å². The highest BCUT2D eigenvalue weighted by Crippen LogP contribution is 2.77. The molecule has 0 aromatic rings. The first-order valence-electron chi connectivity index (χ1n) is 12.6. The molecule has 5 fully saturated rings. The van der Waals surface area contributed by atoms with E-state index in [9.17, 15) is 0 Å². The molecule has 1 spiro atoms. The summed E-state index contributed by atoms with van der Waals surface area (Å²) >= 11 is 0. The predicted octanol–water partition coefficient (Wildman–Crippen LogP) is 6.18. The summed E-state index contributed by atoms with van der Waals surface area (Å²) in [7, 11) is 0. The van der Waals surface area contributed by atoms with Crippen LogP contribution in [0.15, 0.2) is 12.2 Å². The standard InChI is InChI=1S/C26H41N/c1-16-10-12-20-21-13-11-17(27)15-25(21)26(24(20)14-16)22-8-4-2-6-18(22)19-7-3-5-9-23(19)26/h10,12,16-25H,2-9,11,13-15,27H2,1H3/t16?,17?,18-,19?,20?,21?,22?,23?,24?,25?,26?/m0/s1. The van der Waals surface area contributed by atoms with Crippen LogP contribution < -0.4 is 5.73 Å². The molecule has 0 radical (unpaired) electrons. The number of nitrogens with two attached hydrogens (primary N) is 1. The van der Waals surface area contributed by atoms with Gasteiger partial charge in [0.05, 0.1) is 0 Å². The molecule has 27 heavy (non-hydrogen) atoms. The summed E-state index contributed by atoms with van der Waals surface area (Å²) in [6.45, 7) is 2.50. The molecule has 5 saturated carbocycles. The summed E-state index contributed by atoms with van der Waals surface area (Å²) in [5, 5.41) is 0. The Bertz CT molecular complexity index is 585. The molecular weight excluding hydrogens is 326 g/mol. The van der Waals surface area contributed by atoms with Crippen LogP contribution in [0.2, 0.25) is 0 Å². The highest BCUT2D eigenvalue weighted by Gasteiger charge is 2.71. The van der Waals surface area contributed by atoms with Gasteiger partial charge in [0.1, 0.15) is 0 Å². The lowest BCUT2D eigenvalue weighted by atomic mass is 9.52. The van der Waals surface area contributed by atoms with Crippen molar-refractivity contribution in [2.24, 2.45) is 64.4 Å². The Morgan fingerprint density at radius 2 is 1.33 bits per heavy atom. The van der Waals surface area contributed by atoms with Gasteiger partial charge < -0.3 is 5.73 Å². The number of rotatable bonds is 0. The minimum atomic E-state index is 0.495. The summed E-state index contributed by atoms with van der Waals surface area (Å²) in [6, 6.07) is 0.495. The number of allylic oxidation sites excluding steroid dienone is 2. The molecule has 1 nitrogen and oxygen atoms in total. The zero-order valence-corrected chi connectivity index (χ0v) is 17.5. The topological polar surface area (TPSA) is 26.0 Å². The first kappa shape index (κ1) is 17.5. The van der Waals surface area contributed by atoms with Crippen LogP contribution in [0.4, 0.5) is 0 Å². The van der Waals surface area contributed by atoms with Crippen molar-refractivity contribution in [1.82, 2.24) is 0 Å². The van der Waals surface area contributed by atoms with Crippen LogP contribution in [-0.4, -0.2) is 6.04 Å². The minimum Gasteiger partial charge on any atom is -0.328 e. The van der Waals surface area contributed by atoms with Gasteiger partial charge in [-0.05, 0) is 110 Å². The van der Waals surface area contributed by atoms with Gasteiger partial charge in [-0.25, -0.2) is 0 Å². The fourth-order valence-electron chi connectivity index (χ4n) is 10.6. The van der Waals surface area contributed by atoms with Crippen LogP contribution in [0.25, 0.3) is 0 Å². The Kier molecular flexibility index (Phi) is 4.13. The molecule has 150 valence electrons. The predicted molar refractivity (Wildman–Crippen MR) is 112 cm³/mol. The molecule has 2 N–H and O–H groups in total. The molecule has 0 saturated heterocycles. The second-order valence-electron chi connectivity index (χ2n) is 11.7. The zero-order valence-electron chi connectivity index (χ0n) is 17.5. The van der Waals surface area contributed by atoms with Crippen molar-refractivity contribution in [3.05, 3.63) is 12.2 Å². The van der Waals surface area contributed by atoms with E-state index in [4.69, 9.17) is 5.73 Å². The molecule has 0 aromatic carbocycles. The van der Waals surface area contributed by atoms with Crippen molar-refractivity contribution in [2.45, 2.75) is 90.0 Å². The average molecular weight is 368 g/mol. The maximum Gasteiger partial charge on any atom is 0.00418 e. The average Bonchev–Trinajstić information content (AvgIpc) is 3.14. The summed E-state index contributed by atoms with van der Waals surface area (Å²) in [5.41, 5.74) is 7.36. The number of hydrogen-bond donors (Lipinski definition) is 1. The van der Waals surface area contributed by atoms with Gasteiger partial charge in [-0.15, -0.1) is 0 Å². The minimum absolute atomic E-state index is 0.495. The van der Waals surface area contributed by atoms with E-state index in [0.717, 1.165) is 53.3 Å². The fourth-order valence-corrected chi connectivity index (χ4v) is 10.6. The van der Waals surface area contributed by atoms with Crippen LogP contribution in [0.3, 0.4) is 0 Å². The molecule has 6 rings (SSSR count).